The van der Waals surface area contributed by atoms with Crippen LogP contribution in [0.3, 0.4) is 0 Å². The molecule has 1 heterocycles. The van der Waals surface area contributed by atoms with Crippen molar-refractivity contribution in [1.82, 2.24) is 5.32 Å². The summed E-state index contributed by atoms with van der Waals surface area (Å²) in [6, 6.07) is 3.92. The molecule has 0 radical (unpaired) electrons. The van der Waals surface area contributed by atoms with Gasteiger partial charge in [0.25, 0.3) is 0 Å². The first-order valence-electron chi connectivity index (χ1n) is 6.66. The van der Waals surface area contributed by atoms with Crippen LogP contribution in [0.4, 0.5) is 0 Å². The molecule has 0 aliphatic heterocycles. The van der Waals surface area contributed by atoms with Crippen molar-refractivity contribution in [3.63, 3.8) is 0 Å². The van der Waals surface area contributed by atoms with E-state index in [0.717, 1.165) is 43.7 Å². The van der Waals surface area contributed by atoms with Gasteiger partial charge in [0.2, 0.25) is 5.91 Å². The molecule has 0 saturated heterocycles. The van der Waals surface area contributed by atoms with E-state index in [-0.39, 0.29) is 11.3 Å². The van der Waals surface area contributed by atoms with Crippen LogP contribution >= 0.6 is 0 Å². The number of hydrogen-bond donors (Lipinski definition) is 2. The van der Waals surface area contributed by atoms with Gasteiger partial charge in [-0.2, -0.15) is 0 Å². The molecule has 1 amide bonds. The van der Waals surface area contributed by atoms with Gasteiger partial charge in [0.05, 0.1) is 0 Å². The fraction of sp³-hybridized carbons (Fsp3) is 0.643. The molecule has 1 aromatic heterocycles. The lowest BCUT2D eigenvalue weighted by Crippen LogP contribution is -2.33. The van der Waals surface area contributed by atoms with Crippen molar-refractivity contribution in [3.05, 3.63) is 23.7 Å². The molecule has 4 heteroatoms. The summed E-state index contributed by atoms with van der Waals surface area (Å²) < 4.78 is 5.46. The van der Waals surface area contributed by atoms with E-state index in [4.69, 9.17) is 10.2 Å². The van der Waals surface area contributed by atoms with E-state index in [1.54, 1.807) is 0 Å². The van der Waals surface area contributed by atoms with E-state index in [1.807, 2.05) is 19.1 Å². The van der Waals surface area contributed by atoms with Crippen molar-refractivity contribution in [2.24, 2.45) is 11.1 Å². The number of carbonyl (C=O) groups is 1. The highest BCUT2D eigenvalue weighted by atomic mass is 16.3. The average Bonchev–Trinajstić information content (AvgIpc) is 3.04. The van der Waals surface area contributed by atoms with Crippen molar-refractivity contribution in [3.8, 4) is 0 Å². The van der Waals surface area contributed by atoms with Gasteiger partial charge in [-0.3, -0.25) is 4.79 Å². The fourth-order valence-electron chi connectivity index (χ4n) is 2.05. The molecular weight excluding hydrogens is 228 g/mol. The van der Waals surface area contributed by atoms with Crippen molar-refractivity contribution in [2.45, 2.75) is 39.0 Å². The lowest BCUT2D eigenvalue weighted by Gasteiger charge is -2.12. The molecule has 18 heavy (non-hydrogen) atoms. The molecule has 0 bridgehead atoms. The second-order valence-electron chi connectivity index (χ2n) is 5.35. The number of nitrogens with two attached hydrogens (primary N) is 1. The minimum atomic E-state index is 0.123. The van der Waals surface area contributed by atoms with Crippen molar-refractivity contribution in [1.29, 1.82) is 0 Å². The number of hydrogen-bond acceptors (Lipinski definition) is 3. The second-order valence-corrected chi connectivity index (χ2v) is 5.35. The highest BCUT2D eigenvalue weighted by Crippen LogP contribution is 2.43. The highest BCUT2D eigenvalue weighted by Gasteiger charge is 2.41. The molecule has 0 unspecified atom stereocenters. The Kier molecular flexibility index (Phi) is 4.07. The van der Waals surface area contributed by atoms with E-state index in [9.17, 15) is 4.79 Å². The molecule has 1 aromatic rings. The van der Waals surface area contributed by atoms with E-state index < -0.39 is 0 Å². The minimum Gasteiger partial charge on any atom is -0.466 e. The number of nitrogens with one attached hydrogen (secondary N) is 1. The molecule has 4 nitrogen and oxygen atoms in total. The predicted octanol–water partition coefficient (Wildman–Crippen LogP) is 1.77. The summed E-state index contributed by atoms with van der Waals surface area (Å²) in [5.41, 5.74) is 5.89. The van der Waals surface area contributed by atoms with Gasteiger partial charge >= 0.3 is 0 Å². The zero-order valence-corrected chi connectivity index (χ0v) is 11.0. The zero-order chi connectivity index (χ0) is 13.0. The Labute approximate surface area is 108 Å². The molecule has 1 fully saturated rings. The van der Waals surface area contributed by atoms with Gasteiger partial charge in [0.1, 0.15) is 11.5 Å². The van der Waals surface area contributed by atoms with Gasteiger partial charge in [0.15, 0.2) is 0 Å². The maximum Gasteiger partial charge on any atom is 0.220 e. The third-order valence-corrected chi connectivity index (χ3v) is 3.67. The van der Waals surface area contributed by atoms with Gasteiger partial charge < -0.3 is 15.5 Å². The average molecular weight is 250 g/mol. The molecule has 1 aliphatic carbocycles. The minimum absolute atomic E-state index is 0.123. The van der Waals surface area contributed by atoms with Gasteiger partial charge in [0, 0.05) is 19.4 Å². The normalized spacial score (nSPS) is 16.6. The Hall–Kier alpha value is -1.29. The Morgan fingerprint density at radius 2 is 2.28 bits per heavy atom. The summed E-state index contributed by atoms with van der Waals surface area (Å²) in [5, 5.41) is 2.98. The zero-order valence-electron chi connectivity index (χ0n) is 11.0. The summed E-state index contributed by atoms with van der Waals surface area (Å²) in [6.07, 6.45) is 4.50. The molecular formula is C14H22N2O2. The van der Waals surface area contributed by atoms with Crippen molar-refractivity contribution >= 4 is 5.91 Å². The number of aryl methyl sites for hydroxylation is 2. The Morgan fingerprint density at radius 3 is 2.83 bits per heavy atom. The fourth-order valence-corrected chi connectivity index (χ4v) is 2.05. The van der Waals surface area contributed by atoms with E-state index >= 15 is 0 Å². The van der Waals surface area contributed by atoms with Crippen LogP contribution in [0.25, 0.3) is 0 Å². The molecule has 1 saturated carbocycles. The summed E-state index contributed by atoms with van der Waals surface area (Å²) >= 11 is 0. The van der Waals surface area contributed by atoms with Gasteiger partial charge in [-0.15, -0.1) is 0 Å². The first kappa shape index (κ1) is 13.1. The van der Waals surface area contributed by atoms with Crippen LogP contribution in [0.5, 0.6) is 0 Å². The predicted molar refractivity (Wildman–Crippen MR) is 70.1 cm³/mol. The van der Waals surface area contributed by atoms with Gasteiger partial charge in [-0.05, 0) is 50.3 Å². The van der Waals surface area contributed by atoms with Gasteiger partial charge in [-0.25, -0.2) is 0 Å². The second kappa shape index (κ2) is 5.57. The van der Waals surface area contributed by atoms with Gasteiger partial charge in [-0.1, -0.05) is 0 Å². The van der Waals surface area contributed by atoms with Crippen LogP contribution in [-0.2, 0) is 11.2 Å². The smallest absolute Gasteiger partial charge is 0.220 e. The van der Waals surface area contributed by atoms with Crippen LogP contribution < -0.4 is 11.1 Å². The first-order chi connectivity index (χ1) is 8.63. The SMILES string of the molecule is Cc1ccc(CCCC(=O)NCC2(CN)CC2)o1. The molecule has 0 spiro atoms. The Balaban J connectivity index is 1.60. The monoisotopic (exact) mass is 250 g/mol. The number of furan rings is 1. The maximum atomic E-state index is 11.6. The Bertz CT molecular complexity index is 408. The summed E-state index contributed by atoms with van der Waals surface area (Å²) in [6.45, 7) is 3.35. The molecule has 3 N–H and O–H groups in total. The van der Waals surface area contributed by atoms with Crippen LogP contribution in [-0.4, -0.2) is 19.0 Å². The van der Waals surface area contributed by atoms with Crippen LogP contribution in [0.2, 0.25) is 0 Å². The molecule has 2 rings (SSSR count). The lowest BCUT2D eigenvalue weighted by molar-refractivity contribution is -0.121. The highest BCUT2D eigenvalue weighted by molar-refractivity contribution is 5.75. The van der Waals surface area contributed by atoms with Crippen LogP contribution in [0, 0.1) is 12.3 Å². The summed E-state index contributed by atoms with van der Waals surface area (Å²) in [4.78, 5) is 11.6. The Morgan fingerprint density at radius 1 is 1.50 bits per heavy atom. The van der Waals surface area contributed by atoms with E-state index in [2.05, 4.69) is 5.32 Å². The van der Waals surface area contributed by atoms with E-state index in [1.165, 1.54) is 0 Å². The quantitative estimate of drug-likeness (QED) is 0.775. The number of carbonyl (C=O) groups excluding carboxylic acids is 1. The largest absolute Gasteiger partial charge is 0.466 e. The summed E-state index contributed by atoms with van der Waals surface area (Å²) in [5.74, 6) is 2.01. The summed E-state index contributed by atoms with van der Waals surface area (Å²) in [7, 11) is 0. The van der Waals surface area contributed by atoms with Crippen LogP contribution in [0.15, 0.2) is 16.5 Å². The number of amides is 1. The lowest BCUT2D eigenvalue weighted by atomic mass is 10.1. The molecule has 0 atom stereocenters. The van der Waals surface area contributed by atoms with E-state index in [0.29, 0.717) is 13.0 Å². The first-order valence-corrected chi connectivity index (χ1v) is 6.66. The number of rotatable bonds is 7. The third kappa shape index (κ3) is 3.60. The van der Waals surface area contributed by atoms with Crippen molar-refractivity contribution in [2.75, 3.05) is 13.1 Å². The molecule has 1 aliphatic rings. The van der Waals surface area contributed by atoms with Crippen LogP contribution in [0.1, 0.15) is 37.2 Å². The molecule has 0 aromatic carbocycles. The third-order valence-electron chi connectivity index (χ3n) is 3.67. The standard InChI is InChI=1S/C14H22N2O2/c1-11-5-6-12(18-11)3-2-4-13(17)16-10-14(9-15)7-8-14/h5-6H,2-4,7-10,15H2,1H3,(H,16,17). The maximum absolute atomic E-state index is 11.6. The topological polar surface area (TPSA) is 68.3 Å². The van der Waals surface area contributed by atoms with Crippen molar-refractivity contribution < 1.29 is 9.21 Å². The molecule has 100 valence electrons.